The van der Waals surface area contributed by atoms with Crippen LogP contribution in [-0.2, 0) is 11.3 Å². The Hall–Kier alpha value is -3.71. The lowest BCUT2D eigenvalue weighted by molar-refractivity contribution is -0.123. The van der Waals surface area contributed by atoms with Gasteiger partial charge >= 0.3 is 0 Å². The molecule has 7 nitrogen and oxygen atoms in total. The molecule has 2 unspecified atom stereocenters. The van der Waals surface area contributed by atoms with Crippen LogP contribution in [0.25, 0.3) is 11.0 Å². The number of carbonyl (C=O) groups is 1. The van der Waals surface area contributed by atoms with Gasteiger partial charge in [0.15, 0.2) is 0 Å². The van der Waals surface area contributed by atoms with Crippen molar-refractivity contribution >= 4 is 22.8 Å². The maximum atomic E-state index is 13.5. The minimum atomic E-state index is -0.530. The average Bonchev–Trinajstić information content (AvgIpc) is 3.28. The molecule has 2 N–H and O–H groups in total. The highest BCUT2D eigenvalue weighted by Gasteiger charge is 2.24. The zero-order valence-corrected chi connectivity index (χ0v) is 18.3. The molecule has 7 heteroatoms. The van der Waals surface area contributed by atoms with E-state index in [0.717, 1.165) is 47.4 Å². The Morgan fingerprint density at radius 3 is 2.76 bits per heavy atom. The summed E-state index contributed by atoms with van der Waals surface area (Å²) in [6.45, 7) is 1.86. The van der Waals surface area contributed by atoms with E-state index in [-0.39, 0.29) is 12.0 Å². The fourth-order valence-corrected chi connectivity index (χ4v) is 4.45. The van der Waals surface area contributed by atoms with Gasteiger partial charge in [-0.2, -0.15) is 0 Å². The highest BCUT2D eigenvalue weighted by atomic mass is 16.3. The molecule has 2 aromatic heterocycles. The standard InChI is InChI=1S/C26H27N5O2/c32-21-9-6-14-30(17-21)24-15-19(12-13-27-24)16-28-26(33)25(20-7-2-1-3-8-20)31-18-29-22-10-4-5-11-23(22)31/h1-5,7-8,10-13,15,18,21,25,32H,6,9,14,16-17H2,(H,28,33). The second-order valence-electron chi connectivity index (χ2n) is 8.44. The smallest absolute Gasteiger partial charge is 0.248 e. The van der Waals surface area contributed by atoms with E-state index in [2.05, 4.69) is 20.2 Å². The zero-order chi connectivity index (χ0) is 22.6. The summed E-state index contributed by atoms with van der Waals surface area (Å²) in [5.74, 6) is 0.733. The van der Waals surface area contributed by atoms with Crippen molar-refractivity contribution in [3.05, 3.63) is 90.4 Å². The van der Waals surface area contributed by atoms with E-state index in [1.165, 1.54) is 0 Å². The van der Waals surface area contributed by atoms with Gasteiger partial charge in [-0.25, -0.2) is 9.97 Å². The van der Waals surface area contributed by atoms with Crippen molar-refractivity contribution in [2.75, 3.05) is 18.0 Å². The predicted molar refractivity (Wildman–Crippen MR) is 128 cm³/mol. The van der Waals surface area contributed by atoms with Crippen LogP contribution >= 0.6 is 0 Å². The molecular formula is C26H27N5O2. The summed E-state index contributed by atoms with van der Waals surface area (Å²) in [6, 6.07) is 20.9. The largest absolute Gasteiger partial charge is 0.391 e. The number of aliphatic hydroxyl groups excluding tert-OH is 1. The molecule has 3 heterocycles. The summed E-state index contributed by atoms with van der Waals surface area (Å²) in [6.07, 6.45) is 4.95. The van der Waals surface area contributed by atoms with Crippen LogP contribution in [0.5, 0.6) is 0 Å². The number of aromatic nitrogens is 3. The van der Waals surface area contributed by atoms with Crippen molar-refractivity contribution in [1.82, 2.24) is 19.9 Å². The van der Waals surface area contributed by atoms with Gasteiger partial charge in [-0.3, -0.25) is 4.79 Å². The number of anilines is 1. The van der Waals surface area contributed by atoms with E-state index in [0.29, 0.717) is 13.1 Å². The maximum Gasteiger partial charge on any atom is 0.248 e. The van der Waals surface area contributed by atoms with Gasteiger partial charge in [0, 0.05) is 25.8 Å². The molecule has 33 heavy (non-hydrogen) atoms. The van der Waals surface area contributed by atoms with Gasteiger partial charge in [-0.05, 0) is 48.2 Å². The highest BCUT2D eigenvalue weighted by molar-refractivity contribution is 5.86. The van der Waals surface area contributed by atoms with Crippen LogP contribution in [0.1, 0.15) is 30.0 Å². The number of nitrogens with zero attached hydrogens (tertiary/aromatic N) is 4. The molecule has 0 aliphatic carbocycles. The number of piperidine rings is 1. The third-order valence-corrected chi connectivity index (χ3v) is 6.12. The molecule has 168 valence electrons. The van der Waals surface area contributed by atoms with Crippen molar-refractivity contribution in [3.63, 3.8) is 0 Å². The molecular weight excluding hydrogens is 414 g/mol. The van der Waals surface area contributed by atoms with Crippen molar-refractivity contribution in [2.24, 2.45) is 0 Å². The topological polar surface area (TPSA) is 83.3 Å². The second-order valence-corrected chi connectivity index (χ2v) is 8.44. The van der Waals surface area contributed by atoms with Gasteiger partial charge in [0.25, 0.3) is 0 Å². The number of pyridine rings is 1. The second kappa shape index (κ2) is 9.42. The van der Waals surface area contributed by atoms with Gasteiger partial charge in [-0.15, -0.1) is 0 Å². The number of hydrogen-bond donors (Lipinski definition) is 2. The number of imidazole rings is 1. The van der Waals surface area contributed by atoms with Gasteiger partial charge in [0.1, 0.15) is 11.9 Å². The first-order valence-electron chi connectivity index (χ1n) is 11.3. The summed E-state index contributed by atoms with van der Waals surface area (Å²) in [4.78, 5) is 24.5. The van der Waals surface area contributed by atoms with Crippen molar-refractivity contribution in [3.8, 4) is 0 Å². The van der Waals surface area contributed by atoms with Gasteiger partial charge in [0.2, 0.25) is 5.91 Å². The van der Waals surface area contributed by atoms with E-state index in [9.17, 15) is 9.90 Å². The maximum absolute atomic E-state index is 13.5. The molecule has 1 aliphatic rings. The molecule has 4 aromatic rings. The average molecular weight is 442 g/mol. The monoisotopic (exact) mass is 441 g/mol. The van der Waals surface area contributed by atoms with Crippen LogP contribution in [-0.4, -0.2) is 44.7 Å². The Bertz CT molecular complexity index is 1240. The third kappa shape index (κ3) is 4.59. The first-order chi connectivity index (χ1) is 16.2. The lowest BCUT2D eigenvalue weighted by atomic mass is 10.1. The summed E-state index contributed by atoms with van der Waals surface area (Å²) in [5.41, 5.74) is 3.64. The number of para-hydroxylation sites is 2. The first kappa shape index (κ1) is 21.2. The number of carbonyl (C=O) groups excluding carboxylic acids is 1. The molecule has 2 aromatic carbocycles. The Morgan fingerprint density at radius 2 is 1.91 bits per heavy atom. The molecule has 1 saturated heterocycles. The van der Waals surface area contributed by atoms with E-state index in [1.54, 1.807) is 12.5 Å². The molecule has 5 rings (SSSR count). The van der Waals surface area contributed by atoms with Crippen molar-refractivity contribution in [2.45, 2.75) is 31.5 Å². The molecule has 1 fully saturated rings. The van der Waals surface area contributed by atoms with Crippen molar-refractivity contribution in [1.29, 1.82) is 0 Å². The Balaban J connectivity index is 1.37. The Kier molecular flexibility index (Phi) is 6.04. The SMILES string of the molecule is O=C(NCc1ccnc(N2CCCC(O)C2)c1)C(c1ccccc1)n1cnc2ccccc21. The summed E-state index contributed by atoms with van der Waals surface area (Å²) < 4.78 is 1.92. The van der Waals surface area contributed by atoms with Crippen LogP contribution < -0.4 is 10.2 Å². The number of β-amino-alcohol motifs (C(OH)–C–C–N with tert-alkyl or cyclic N) is 1. The molecule has 0 radical (unpaired) electrons. The Morgan fingerprint density at radius 1 is 1.09 bits per heavy atom. The van der Waals surface area contributed by atoms with E-state index in [1.807, 2.05) is 71.3 Å². The number of fused-ring (bicyclic) bond motifs is 1. The van der Waals surface area contributed by atoms with Crippen LogP contribution in [0, 0.1) is 0 Å². The van der Waals surface area contributed by atoms with E-state index < -0.39 is 6.04 Å². The lowest BCUT2D eigenvalue weighted by Crippen LogP contribution is -2.38. The fourth-order valence-electron chi connectivity index (χ4n) is 4.45. The van der Waals surface area contributed by atoms with Gasteiger partial charge < -0.3 is 19.9 Å². The molecule has 2 atom stereocenters. The molecule has 0 saturated carbocycles. The Labute approximate surface area is 192 Å². The predicted octanol–water partition coefficient (Wildman–Crippen LogP) is 3.30. The minimum absolute atomic E-state index is 0.101. The molecule has 0 spiro atoms. The minimum Gasteiger partial charge on any atom is -0.391 e. The number of nitrogens with one attached hydrogen (secondary N) is 1. The summed E-state index contributed by atoms with van der Waals surface area (Å²) >= 11 is 0. The van der Waals surface area contributed by atoms with E-state index in [4.69, 9.17) is 0 Å². The van der Waals surface area contributed by atoms with Gasteiger partial charge in [0.05, 0.1) is 23.5 Å². The van der Waals surface area contributed by atoms with E-state index >= 15 is 0 Å². The van der Waals surface area contributed by atoms with Crippen LogP contribution in [0.2, 0.25) is 0 Å². The zero-order valence-electron chi connectivity index (χ0n) is 18.3. The number of aliphatic hydroxyl groups is 1. The van der Waals surface area contributed by atoms with Gasteiger partial charge in [-0.1, -0.05) is 42.5 Å². The number of rotatable bonds is 6. The fraction of sp³-hybridized carbons (Fsp3) is 0.269. The summed E-state index contributed by atoms with van der Waals surface area (Å²) in [7, 11) is 0. The number of hydrogen-bond acceptors (Lipinski definition) is 5. The number of amides is 1. The normalized spacial score (nSPS) is 17.1. The highest BCUT2D eigenvalue weighted by Crippen LogP contribution is 2.24. The van der Waals surface area contributed by atoms with Crippen LogP contribution in [0.3, 0.4) is 0 Å². The number of benzene rings is 2. The van der Waals surface area contributed by atoms with Crippen LogP contribution in [0.4, 0.5) is 5.82 Å². The molecule has 0 bridgehead atoms. The molecule has 1 aliphatic heterocycles. The summed E-state index contributed by atoms with van der Waals surface area (Å²) in [5, 5.41) is 13.1. The lowest BCUT2D eigenvalue weighted by Gasteiger charge is -2.31. The van der Waals surface area contributed by atoms with Crippen LogP contribution in [0.15, 0.2) is 79.3 Å². The quantitative estimate of drug-likeness (QED) is 0.480. The van der Waals surface area contributed by atoms with Crippen molar-refractivity contribution < 1.29 is 9.90 Å². The molecule has 1 amide bonds. The third-order valence-electron chi connectivity index (χ3n) is 6.12. The first-order valence-corrected chi connectivity index (χ1v) is 11.3.